The molecule has 1 saturated heterocycles. The largest absolute Gasteiger partial charge is 0.387 e. The van der Waals surface area contributed by atoms with E-state index in [0.29, 0.717) is 17.1 Å². The molecule has 0 radical (unpaired) electrons. The first-order valence-electron chi connectivity index (χ1n) is 11.3. The maximum atomic E-state index is 12.8. The quantitative estimate of drug-likeness (QED) is 0.265. The zero-order chi connectivity index (χ0) is 23.7. The van der Waals surface area contributed by atoms with Crippen LogP contribution < -0.4 is 21.1 Å². The number of piperazine rings is 1. The summed E-state index contributed by atoms with van der Waals surface area (Å²) in [5.74, 6) is 0.497. The lowest BCUT2D eigenvalue weighted by molar-refractivity contribution is 0.191. The summed E-state index contributed by atoms with van der Waals surface area (Å²) < 4.78 is 0.902. The van der Waals surface area contributed by atoms with E-state index in [4.69, 9.17) is 4.98 Å². The number of halogens is 1. The number of aryl methyl sites for hydroxylation is 1. The first-order valence-corrected chi connectivity index (χ1v) is 12.1. The molecule has 8 nitrogen and oxygen atoms in total. The topological polar surface area (TPSA) is 109 Å². The number of aliphatic hydroxyl groups is 1. The predicted octanol–water partition coefficient (Wildman–Crippen LogP) is 3.54. The monoisotopic (exact) mass is 522 g/mol. The Labute approximate surface area is 205 Å². The van der Waals surface area contributed by atoms with Crippen LogP contribution in [0.5, 0.6) is 0 Å². The van der Waals surface area contributed by atoms with Crippen molar-refractivity contribution in [3.05, 3.63) is 74.6 Å². The third kappa shape index (κ3) is 4.59. The van der Waals surface area contributed by atoms with Crippen LogP contribution in [0.15, 0.2) is 57.9 Å². The van der Waals surface area contributed by atoms with Gasteiger partial charge in [0.2, 0.25) is 0 Å². The second-order valence-corrected chi connectivity index (χ2v) is 9.44. The number of imidazole rings is 1. The van der Waals surface area contributed by atoms with Gasteiger partial charge in [-0.2, -0.15) is 0 Å². The number of anilines is 2. The van der Waals surface area contributed by atoms with Gasteiger partial charge in [-0.1, -0.05) is 28.1 Å². The molecule has 1 unspecified atom stereocenters. The minimum Gasteiger partial charge on any atom is -0.387 e. The van der Waals surface area contributed by atoms with E-state index in [1.807, 2.05) is 31.2 Å². The van der Waals surface area contributed by atoms with Crippen molar-refractivity contribution in [1.82, 2.24) is 20.3 Å². The van der Waals surface area contributed by atoms with Crippen LogP contribution in [-0.2, 0) is 0 Å². The third-order valence-corrected chi connectivity index (χ3v) is 6.65. The van der Waals surface area contributed by atoms with E-state index in [1.54, 1.807) is 12.3 Å². The van der Waals surface area contributed by atoms with Gasteiger partial charge in [0.15, 0.2) is 0 Å². The summed E-state index contributed by atoms with van der Waals surface area (Å²) >= 11 is 3.44. The van der Waals surface area contributed by atoms with Crippen molar-refractivity contribution in [2.24, 2.45) is 0 Å². The van der Waals surface area contributed by atoms with Crippen molar-refractivity contribution in [2.45, 2.75) is 13.0 Å². The minimum absolute atomic E-state index is 0.249. The molecule has 5 rings (SSSR count). The number of rotatable bonds is 6. The number of hydrogen-bond donors (Lipinski definition) is 5. The summed E-state index contributed by atoms with van der Waals surface area (Å²) in [6.45, 7) is 6.13. The highest BCUT2D eigenvalue weighted by atomic mass is 79.9. The number of aromatic nitrogens is 3. The highest BCUT2D eigenvalue weighted by molar-refractivity contribution is 9.10. The first kappa shape index (κ1) is 22.6. The number of nitrogens with zero attached hydrogens (tertiary/aromatic N) is 2. The number of aliphatic hydroxyl groups excluding tert-OH is 1. The van der Waals surface area contributed by atoms with Crippen molar-refractivity contribution >= 4 is 38.3 Å². The van der Waals surface area contributed by atoms with Gasteiger partial charge in [0.1, 0.15) is 11.4 Å². The number of H-pyrrole nitrogens is 2. The molecule has 1 aliphatic rings. The lowest BCUT2D eigenvalue weighted by Gasteiger charge is -2.29. The minimum atomic E-state index is -0.732. The van der Waals surface area contributed by atoms with Gasteiger partial charge < -0.3 is 30.6 Å². The van der Waals surface area contributed by atoms with Crippen LogP contribution in [0.1, 0.15) is 17.2 Å². The number of hydrogen-bond acceptors (Lipinski definition) is 6. The molecule has 1 fully saturated rings. The van der Waals surface area contributed by atoms with Crippen LogP contribution in [0, 0.1) is 6.92 Å². The van der Waals surface area contributed by atoms with E-state index in [-0.39, 0.29) is 12.1 Å². The van der Waals surface area contributed by atoms with Gasteiger partial charge >= 0.3 is 0 Å². The smallest absolute Gasteiger partial charge is 0.261 e. The summed E-state index contributed by atoms with van der Waals surface area (Å²) in [5, 5.41) is 17.3. The standard InChI is InChI=1S/C25H27BrN6O2/c1-15-11-18(32-9-7-27-8-10-32)13-20-23(15)31-24(30-20)22-19(5-6-28-25(22)34)29-14-21(33)16-3-2-4-17(26)12-16/h2-6,11-13,21,27,33H,7-10,14H2,1H3,(H,30,31)(H2,28,29,34). The fourth-order valence-corrected chi connectivity index (χ4v) is 4.81. The van der Waals surface area contributed by atoms with Crippen molar-refractivity contribution < 1.29 is 5.11 Å². The Morgan fingerprint density at radius 1 is 1.21 bits per heavy atom. The van der Waals surface area contributed by atoms with E-state index < -0.39 is 6.10 Å². The average molecular weight is 523 g/mol. The molecule has 0 amide bonds. The Balaban J connectivity index is 1.46. The number of fused-ring (bicyclic) bond motifs is 1. The van der Waals surface area contributed by atoms with E-state index in [1.165, 1.54) is 0 Å². The normalized spacial score (nSPS) is 15.0. The molecule has 0 aliphatic carbocycles. The predicted molar refractivity (Wildman–Crippen MR) is 140 cm³/mol. The molecule has 4 aromatic rings. The fourth-order valence-electron chi connectivity index (χ4n) is 4.39. The van der Waals surface area contributed by atoms with Gasteiger partial charge in [-0.25, -0.2) is 4.98 Å². The molecule has 2 aromatic heterocycles. The van der Waals surface area contributed by atoms with E-state index in [9.17, 15) is 9.90 Å². The van der Waals surface area contributed by atoms with Crippen molar-refractivity contribution in [3.8, 4) is 11.4 Å². The molecule has 176 valence electrons. The lowest BCUT2D eigenvalue weighted by Crippen LogP contribution is -2.43. The molecule has 1 atom stereocenters. The maximum absolute atomic E-state index is 12.8. The van der Waals surface area contributed by atoms with Crippen LogP contribution in [0.25, 0.3) is 22.4 Å². The van der Waals surface area contributed by atoms with Crippen molar-refractivity contribution in [3.63, 3.8) is 0 Å². The molecule has 2 aromatic carbocycles. The third-order valence-electron chi connectivity index (χ3n) is 6.16. The SMILES string of the molecule is Cc1cc(N2CCNCC2)cc2[nH]c(-c3c(NCC(O)c4cccc(Br)c4)cc[nH]c3=O)nc12. The van der Waals surface area contributed by atoms with Gasteiger partial charge in [-0.15, -0.1) is 0 Å². The lowest BCUT2D eigenvalue weighted by atomic mass is 10.1. The molecule has 3 heterocycles. The molecule has 0 spiro atoms. The summed E-state index contributed by atoms with van der Waals surface area (Å²) in [6, 6.07) is 13.6. The summed E-state index contributed by atoms with van der Waals surface area (Å²) in [5.41, 5.74) is 5.51. The summed E-state index contributed by atoms with van der Waals surface area (Å²) in [6.07, 6.45) is 0.861. The van der Waals surface area contributed by atoms with Crippen LogP contribution in [0.3, 0.4) is 0 Å². The zero-order valence-corrected chi connectivity index (χ0v) is 20.4. The molecule has 5 N–H and O–H groups in total. The number of benzene rings is 2. The summed E-state index contributed by atoms with van der Waals surface area (Å²) in [4.78, 5) is 26.1. The molecular weight excluding hydrogens is 496 g/mol. The van der Waals surface area contributed by atoms with Gasteiger partial charge in [-0.3, -0.25) is 4.79 Å². The zero-order valence-electron chi connectivity index (χ0n) is 18.9. The Kier molecular flexibility index (Phi) is 6.40. The molecular formula is C25H27BrN6O2. The Morgan fingerprint density at radius 3 is 2.82 bits per heavy atom. The number of nitrogens with one attached hydrogen (secondary N) is 4. The van der Waals surface area contributed by atoms with Crippen LogP contribution >= 0.6 is 15.9 Å². The van der Waals surface area contributed by atoms with E-state index in [0.717, 1.165) is 58.5 Å². The molecule has 0 saturated carbocycles. The molecule has 1 aliphatic heterocycles. The van der Waals surface area contributed by atoms with Gasteiger partial charge in [0.05, 0.1) is 22.8 Å². The first-order chi connectivity index (χ1) is 16.5. The van der Waals surface area contributed by atoms with Gasteiger partial charge in [0, 0.05) is 49.1 Å². The number of aromatic amines is 2. The molecule has 34 heavy (non-hydrogen) atoms. The summed E-state index contributed by atoms with van der Waals surface area (Å²) in [7, 11) is 0. The van der Waals surface area contributed by atoms with Crippen LogP contribution in [0.4, 0.5) is 11.4 Å². The fraction of sp³-hybridized carbons (Fsp3) is 0.280. The van der Waals surface area contributed by atoms with Crippen molar-refractivity contribution in [2.75, 3.05) is 42.9 Å². The van der Waals surface area contributed by atoms with Crippen LogP contribution in [-0.4, -0.2) is 52.8 Å². The Morgan fingerprint density at radius 2 is 2.03 bits per heavy atom. The van der Waals surface area contributed by atoms with Crippen LogP contribution in [0.2, 0.25) is 0 Å². The van der Waals surface area contributed by atoms with E-state index >= 15 is 0 Å². The highest BCUT2D eigenvalue weighted by Gasteiger charge is 2.18. The highest BCUT2D eigenvalue weighted by Crippen LogP contribution is 2.29. The Bertz CT molecular complexity index is 1380. The Hall–Kier alpha value is -3.14. The van der Waals surface area contributed by atoms with Crippen molar-refractivity contribution in [1.29, 1.82) is 0 Å². The number of pyridine rings is 1. The second-order valence-electron chi connectivity index (χ2n) is 8.53. The molecule has 9 heteroatoms. The second kappa shape index (κ2) is 9.61. The van der Waals surface area contributed by atoms with Gasteiger partial charge in [0.25, 0.3) is 5.56 Å². The average Bonchev–Trinajstić information content (AvgIpc) is 3.27. The maximum Gasteiger partial charge on any atom is 0.261 e. The van der Waals surface area contributed by atoms with Gasteiger partial charge in [-0.05, 0) is 48.4 Å². The van der Waals surface area contributed by atoms with E-state index in [2.05, 4.69) is 53.6 Å². The molecule has 0 bridgehead atoms.